The average Bonchev–Trinajstić information content (AvgIpc) is 2.86. The van der Waals surface area contributed by atoms with E-state index in [1.54, 1.807) is 62.4 Å². The van der Waals surface area contributed by atoms with Crippen molar-refractivity contribution in [2.45, 2.75) is 51.2 Å². The lowest BCUT2D eigenvalue weighted by atomic mass is 10.1. The van der Waals surface area contributed by atoms with Crippen LogP contribution in [0.5, 0.6) is 0 Å². The summed E-state index contributed by atoms with van der Waals surface area (Å²) in [5.41, 5.74) is 1.40. The standard InChI is InChI=1S/C28H32FN3O4S/c1-20(2)30-28(34)22(4)31(18-23-10-8-9-13-26(23)29)27(33)19-32(24-11-6-5-7-12-24)37(35,36)25-16-14-21(3)15-17-25/h5-17,20,22H,18-19H2,1-4H3,(H,30,34). The lowest BCUT2D eigenvalue weighted by Crippen LogP contribution is -2.52. The summed E-state index contributed by atoms with van der Waals surface area (Å²) < 4.78 is 42.9. The van der Waals surface area contributed by atoms with Gasteiger partial charge in [-0.2, -0.15) is 0 Å². The van der Waals surface area contributed by atoms with Crippen LogP contribution in [0.2, 0.25) is 0 Å². The zero-order chi connectivity index (χ0) is 27.2. The number of para-hydroxylation sites is 1. The van der Waals surface area contributed by atoms with Crippen molar-refractivity contribution in [3.63, 3.8) is 0 Å². The van der Waals surface area contributed by atoms with E-state index in [1.165, 1.54) is 42.2 Å². The van der Waals surface area contributed by atoms with Gasteiger partial charge in [0, 0.05) is 18.2 Å². The second kappa shape index (κ2) is 12.0. The molecule has 0 spiro atoms. The van der Waals surface area contributed by atoms with Gasteiger partial charge in [0.15, 0.2) is 0 Å². The van der Waals surface area contributed by atoms with E-state index in [2.05, 4.69) is 5.32 Å². The highest BCUT2D eigenvalue weighted by Crippen LogP contribution is 2.25. The number of nitrogens with one attached hydrogen (secondary N) is 1. The maximum Gasteiger partial charge on any atom is 0.264 e. The van der Waals surface area contributed by atoms with Crippen LogP contribution in [0, 0.1) is 12.7 Å². The number of sulfonamides is 1. The zero-order valence-electron chi connectivity index (χ0n) is 21.4. The molecule has 0 aliphatic carbocycles. The fourth-order valence-electron chi connectivity index (χ4n) is 3.76. The Balaban J connectivity index is 2.01. The van der Waals surface area contributed by atoms with E-state index in [0.29, 0.717) is 5.69 Å². The van der Waals surface area contributed by atoms with Crippen molar-refractivity contribution >= 4 is 27.5 Å². The van der Waals surface area contributed by atoms with E-state index in [9.17, 15) is 22.4 Å². The van der Waals surface area contributed by atoms with Gasteiger partial charge in [-0.1, -0.05) is 54.1 Å². The lowest BCUT2D eigenvalue weighted by molar-refractivity contribution is -0.139. The summed E-state index contributed by atoms with van der Waals surface area (Å²) in [6.45, 7) is 6.19. The smallest absolute Gasteiger partial charge is 0.264 e. The summed E-state index contributed by atoms with van der Waals surface area (Å²) in [7, 11) is -4.13. The largest absolute Gasteiger partial charge is 0.352 e. The first kappa shape index (κ1) is 27.9. The first-order valence-corrected chi connectivity index (χ1v) is 13.4. The normalized spacial score (nSPS) is 12.2. The molecule has 1 N–H and O–H groups in total. The number of nitrogens with zero attached hydrogens (tertiary/aromatic N) is 2. The molecule has 0 heterocycles. The maximum atomic E-state index is 14.5. The van der Waals surface area contributed by atoms with E-state index in [0.717, 1.165) is 9.87 Å². The summed E-state index contributed by atoms with van der Waals surface area (Å²) in [5, 5.41) is 2.77. The van der Waals surface area contributed by atoms with Gasteiger partial charge in [0.25, 0.3) is 10.0 Å². The molecule has 0 fully saturated rings. The van der Waals surface area contributed by atoms with Crippen LogP contribution in [0.4, 0.5) is 10.1 Å². The monoisotopic (exact) mass is 525 g/mol. The zero-order valence-corrected chi connectivity index (χ0v) is 22.2. The predicted octanol–water partition coefficient (Wildman–Crippen LogP) is 4.27. The number of hydrogen-bond acceptors (Lipinski definition) is 4. The third-order valence-electron chi connectivity index (χ3n) is 5.83. The van der Waals surface area contributed by atoms with E-state index < -0.39 is 40.2 Å². The number of benzene rings is 3. The van der Waals surface area contributed by atoms with Gasteiger partial charge in [-0.15, -0.1) is 0 Å². The molecule has 1 atom stereocenters. The Bertz CT molecular complexity index is 1330. The molecule has 3 aromatic rings. The van der Waals surface area contributed by atoms with Gasteiger partial charge in [-0.3, -0.25) is 13.9 Å². The molecule has 0 aliphatic rings. The van der Waals surface area contributed by atoms with Gasteiger partial charge in [-0.25, -0.2) is 12.8 Å². The number of amides is 2. The summed E-state index contributed by atoms with van der Waals surface area (Å²) in [4.78, 5) is 27.8. The molecule has 7 nitrogen and oxygen atoms in total. The second-order valence-electron chi connectivity index (χ2n) is 9.11. The van der Waals surface area contributed by atoms with Crippen LogP contribution in [0.15, 0.2) is 83.8 Å². The summed E-state index contributed by atoms with van der Waals surface area (Å²) in [6.07, 6.45) is 0. The van der Waals surface area contributed by atoms with Gasteiger partial charge < -0.3 is 10.2 Å². The van der Waals surface area contributed by atoms with Crippen molar-refractivity contribution < 1.29 is 22.4 Å². The molecule has 0 bridgehead atoms. The Labute approximate surface area is 218 Å². The molecule has 3 aromatic carbocycles. The minimum absolute atomic E-state index is 0.0287. The number of aryl methyl sites for hydroxylation is 1. The Morgan fingerprint density at radius 2 is 1.49 bits per heavy atom. The van der Waals surface area contributed by atoms with Gasteiger partial charge in [0.2, 0.25) is 11.8 Å². The molecule has 0 saturated carbocycles. The summed E-state index contributed by atoms with van der Waals surface area (Å²) in [5.74, 6) is -1.59. The Morgan fingerprint density at radius 1 is 0.892 bits per heavy atom. The van der Waals surface area contributed by atoms with Crippen LogP contribution in [-0.4, -0.2) is 43.8 Å². The molecule has 196 valence electrons. The first-order valence-electron chi connectivity index (χ1n) is 12.0. The molecule has 0 aliphatic heterocycles. The summed E-state index contributed by atoms with van der Waals surface area (Å²) in [6, 6.07) is 19.4. The quantitative estimate of drug-likeness (QED) is 0.428. The van der Waals surface area contributed by atoms with Crippen LogP contribution in [-0.2, 0) is 26.2 Å². The SMILES string of the molecule is Cc1ccc(S(=O)(=O)N(CC(=O)N(Cc2ccccc2F)C(C)C(=O)NC(C)C)c2ccccc2)cc1. The lowest BCUT2D eigenvalue weighted by Gasteiger charge is -2.32. The average molecular weight is 526 g/mol. The summed E-state index contributed by atoms with van der Waals surface area (Å²) >= 11 is 0. The fraction of sp³-hybridized carbons (Fsp3) is 0.286. The number of halogens is 1. The van der Waals surface area contributed by atoms with Crippen molar-refractivity contribution in [2.24, 2.45) is 0 Å². The van der Waals surface area contributed by atoms with E-state index in [1.807, 2.05) is 6.92 Å². The fourth-order valence-corrected chi connectivity index (χ4v) is 5.17. The number of carbonyl (C=O) groups excluding carboxylic acids is 2. The van der Waals surface area contributed by atoms with Gasteiger partial charge >= 0.3 is 0 Å². The highest BCUT2D eigenvalue weighted by molar-refractivity contribution is 7.92. The van der Waals surface area contributed by atoms with Crippen LogP contribution in [0.3, 0.4) is 0 Å². The Hall–Kier alpha value is -3.72. The van der Waals surface area contributed by atoms with Gasteiger partial charge in [0.1, 0.15) is 18.4 Å². The van der Waals surface area contributed by atoms with E-state index >= 15 is 0 Å². The highest BCUT2D eigenvalue weighted by Gasteiger charge is 2.32. The minimum atomic E-state index is -4.13. The van der Waals surface area contributed by atoms with E-state index in [4.69, 9.17) is 0 Å². The van der Waals surface area contributed by atoms with E-state index in [-0.39, 0.29) is 23.0 Å². The molecular weight excluding hydrogens is 493 g/mol. The number of carbonyl (C=O) groups is 2. The van der Waals surface area contributed by atoms with Crippen molar-refractivity contribution in [1.29, 1.82) is 0 Å². The second-order valence-corrected chi connectivity index (χ2v) is 11.0. The third kappa shape index (κ3) is 6.95. The van der Waals surface area contributed by atoms with Crippen molar-refractivity contribution in [2.75, 3.05) is 10.8 Å². The third-order valence-corrected chi connectivity index (χ3v) is 7.62. The van der Waals surface area contributed by atoms with Crippen LogP contribution < -0.4 is 9.62 Å². The predicted molar refractivity (Wildman–Crippen MR) is 142 cm³/mol. The molecule has 9 heteroatoms. The number of hydrogen-bond donors (Lipinski definition) is 1. The molecule has 0 radical (unpaired) electrons. The van der Waals surface area contributed by atoms with Crippen LogP contribution in [0.25, 0.3) is 0 Å². The van der Waals surface area contributed by atoms with Gasteiger partial charge in [0.05, 0.1) is 10.6 Å². The molecule has 0 saturated heterocycles. The topological polar surface area (TPSA) is 86.8 Å². The number of anilines is 1. The molecule has 2 amide bonds. The van der Waals surface area contributed by atoms with Crippen molar-refractivity contribution in [3.05, 3.63) is 95.8 Å². The Kier molecular flexibility index (Phi) is 9.04. The molecular formula is C28H32FN3O4S. The van der Waals surface area contributed by atoms with Crippen molar-refractivity contribution in [1.82, 2.24) is 10.2 Å². The van der Waals surface area contributed by atoms with Crippen LogP contribution in [0.1, 0.15) is 31.9 Å². The Morgan fingerprint density at radius 3 is 2.08 bits per heavy atom. The first-order chi connectivity index (χ1) is 17.5. The van der Waals surface area contributed by atoms with Crippen LogP contribution >= 0.6 is 0 Å². The molecule has 3 rings (SSSR count). The molecule has 37 heavy (non-hydrogen) atoms. The highest BCUT2D eigenvalue weighted by atomic mass is 32.2. The maximum absolute atomic E-state index is 14.5. The molecule has 1 unspecified atom stereocenters. The number of rotatable bonds is 10. The minimum Gasteiger partial charge on any atom is -0.352 e. The van der Waals surface area contributed by atoms with Gasteiger partial charge in [-0.05, 0) is 58.0 Å². The molecule has 0 aromatic heterocycles. The van der Waals surface area contributed by atoms with Crippen molar-refractivity contribution in [3.8, 4) is 0 Å².